The first-order valence-electron chi connectivity index (χ1n) is 7.64. The summed E-state index contributed by atoms with van der Waals surface area (Å²) < 4.78 is 28.8. The first-order chi connectivity index (χ1) is 11.7. The zero-order chi connectivity index (χ0) is 18.2. The van der Waals surface area contributed by atoms with Gasteiger partial charge in [-0.25, -0.2) is 8.42 Å². The smallest absolute Gasteiger partial charge is 0.261 e. The lowest BCUT2D eigenvalue weighted by molar-refractivity contribution is -0.116. The summed E-state index contributed by atoms with van der Waals surface area (Å²) in [5.74, 6) is -0.107. The van der Waals surface area contributed by atoms with Gasteiger partial charge in [0.25, 0.3) is 10.0 Å². The molecule has 1 amide bonds. The van der Waals surface area contributed by atoms with Crippen molar-refractivity contribution in [2.24, 2.45) is 0 Å². The number of sulfonamides is 1. The van der Waals surface area contributed by atoms with Crippen LogP contribution in [0.5, 0.6) is 0 Å². The van der Waals surface area contributed by atoms with Crippen molar-refractivity contribution in [3.05, 3.63) is 46.4 Å². The minimum absolute atomic E-state index is 0.107. The Balaban J connectivity index is 1.92. The van der Waals surface area contributed by atoms with Crippen LogP contribution < -0.4 is 10.0 Å². The van der Waals surface area contributed by atoms with E-state index in [-0.39, 0.29) is 16.1 Å². The molecule has 5 nitrogen and oxygen atoms in total. The van der Waals surface area contributed by atoms with Gasteiger partial charge in [0.1, 0.15) is 0 Å². The summed E-state index contributed by atoms with van der Waals surface area (Å²) in [5, 5.41) is 2.93. The van der Waals surface area contributed by atoms with Crippen LogP contribution in [0.4, 0.5) is 11.4 Å². The Kier molecular flexibility index (Phi) is 5.13. The minimum Gasteiger partial charge on any atom is -0.325 e. The molecular formula is C17H17BrN2O3S2. The summed E-state index contributed by atoms with van der Waals surface area (Å²) in [6.45, 7) is 3.86. The lowest BCUT2D eigenvalue weighted by Crippen LogP contribution is -2.15. The van der Waals surface area contributed by atoms with Crippen LogP contribution in [0.1, 0.15) is 18.9 Å². The molecule has 0 aromatic heterocycles. The molecule has 1 atom stereocenters. The number of rotatable bonds is 3. The Bertz CT molecular complexity index is 945. The van der Waals surface area contributed by atoms with E-state index in [4.69, 9.17) is 0 Å². The number of nitrogens with one attached hydrogen (secondary N) is 2. The molecule has 0 radical (unpaired) electrons. The Hall–Kier alpha value is -1.51. The van der Waals surface area contributed by atoms with E-state index in [0.29, 0.717) is 17.8 Å². The third-order valence-corrected chi connectivity index (χ3v) is 7.19. The molecule has 0 bridgehead atoms. The van der Waals surface area contributed by atoms with Gasteiger partial charge in [0.15, 0.2) is 0 Å². The van der Waals surface area contributed by atoms with Gasteiger partial charge < -0.3 is 5.32 Å². The number of carbonyl (C=O) groups excluding carboxylic acids is 1. The van der Waals surface area contributed by atoms with Gasteiger partial charge in [-0.15, -0.1) is 11.8 Å². The molecule has 0 aliphatic carbocycles. The second kappa shape index (κ2) is 7.01. The quantitative estimate of drug-likeness (QED) is 0.742. The second-order valence-corrected chi connectivity index (χ2v) is 9.93. The number of amides is 1. The highest BCUT2D eigenvalue weighted by Crippen LogP contribution is 2.36. The van der Waals surface area contributed by atoms with Crippen molar-refractivity contribution in [3.8, 4) is 0 Å². The first-order valence-corrected chi connectivity index (χ1v) is 10.8. The standard InChI is InChI=1S/C17H17BrN2O3S2/c1-10-7-12(3-5-14(10)18)20-25(22,23)13-4-6-16-15(9-13)19-17(21)8-11(2)24-16/h3-7,9,11,20H,8H2,1-2H3,(H,19,21)/t11-/m0/s1. The van der Waals surface area contributed by atoms with Crippen LogP contribution in [0, 0.1) is 6.92 Å². The van der Waals surface area contributed by atoms with E-state index in [9.17, 15) is 13.2 Å². The van der Waals surface area contributed by atoms with E-state index in [0.717, 1.165) is 14.9 Å². The molecule has 1 aliphatic heterocycles. The molecule has 132 valence electrons. The minimum atomic E-state index is -3.75. The fraction of sp³-hybridized carbons (Fsp3) is 0.235. The van der Waals surface area contributed by atoms with Crippen molar-refractivity contribution in [3.63, 3.8) is 0 Å². The molecular weight excluding hydrogens is 424 g/mol. The fourth-order valence-corrected chi connectivity index (χ4v) is 4.89. The Morgan fingerprint density at radius 3 is 2.72 bits per heavy atom. The van der Waals surface area contributed by atoms with Crippen LogP contribution >= 0.6 is 27.7 Å². The number of carbonyl (C=O) groups is 1. The van der Waals surface area contributed by atoms with Gasteiger partial charge in [0, 0.05) is 26.7 Å². The molecule has 0 saturated carbocycles. The SMILES string of the molecule is Cc1cc(NS(=O)(=O)c2ccc3c(c2)NC(=O)C[C@H](C)S3)ccc1Br. The zero-order valence-electron chi connectivity index (χ0n) is 13.7. The molecule has 0 spiro atoms. The number of anilines is 2. The molecule has 0 unspecified atom stereocenters. The number of hydrogen-bond donors (Lipinski definition) is 2. The van der Waals surface area contributed by atoms with E-state index in [1.54, 1.807) is 42.1 Å². The van der Waals surface area contributed by atoms with Gasteiger partial charge in [0.2, 0.25) is 5.91 Å². The lowest BCUT2D eigenvalue weighted by atomic mass is 10.2. The first kappa shape index (κ1) is 18.3. The highest BCUT2D eigenvalue weighted by molar-refractivity contribution is 9.10. The molecule has 2 N–H and O–H groups in total. The van der Waals surface area contributed by atoms with E-state index in [1.165, 1.54) is 6.07 Å². The van der Waals surface area contributed by atoms with Crippen molar-refractivity contribution in [1.29, 1.82) is 0 Å². The van der Waals surface area contributed by atoms with Crippen molar-refractivity contribution in [2.45, 2.75) is 35.3 Å². The normalized spacial score (nSPS) is 17.4. The van der Waals surface area contributed by atoms with Gasteiger partial charge in [-0.3, -0.25) is 9.52 Å². The molecule has 8 heteroatoms. The molecule has 1 aliphatic rings. The summed E-state index contributed by atoms with van der Waals surface area (Å²) in [7, 11) is -3.75. The Morgan fingerprint density at radius 1 is 1.24 bits per heavy atom. The lowest BCUT2D eigenvalue weighted by Gasteiger charge is -2.12. The third kappa shape index (κ3) is 4.19. The summed E-state index contributed by atoms with van der Waals surface area (Å²) in [4.78, 5) is 12.9. The molecule has 1 heterocycles. The van der Waals surface area contributed by atoms with E-state index in [2.05, 4.69) is 26.0 Å². The predicted octanol–water partition coefficient (Wildman–Crippen LogP) is 4.38. The van der Waals surface area contributed by atoms with E-state index in [1.807, 2.05) is 13.8 Å². The van der Waals surface area contributed by atoms with Crippen LogP contribution in [-0.4, -0.2) is 19.6 Å². The summed E-state index contributed by atoms with van der Waals surface area (Å²) in [6.07, 6.45) is 0.401. The van der Waals surface area contributed by atoms with Crippen molar-refractivity contribution >= 4 is 55.0 Å². The van der Waals surface area contributed by atoms with Crippen LogP contribution in [0.15, 0.2) is 50.7 Å². The number of benzene rings is 2. The molecule has 0 fully saturated rings. The largest absolute Gasteiger partial charge is 0.325 e. The maximum atomic E-state index is 12.7. The van der Waals surface area contributed by atoms with Crippen LogP contribution in [0.25, 0.3) is 0 Å². The summed E-state index contributed by atoms with van der Waals surface area (Å²) in [5.41, 5.74) is 1.96. The average Bonchev–Trinajstić information content (AvgIpc) is 2.66. The number of halogens is 1. The van der Waals surface area contributed by atoms with Gasteiger partial charge >= 0.3 is 0 Å². The van der Waals surface area contributed by atoms with Crippen LogP contribution in [0.2, 0.25) is 0 Å². The van der Waals surface area contributed by atoms with Crippen molar-refractivity contribution in [1.82, 2.24) is 0 Å². The Labute approximate surface area is 159 Å². The number of hydrogen-bond acceptors (Lipinski definition) is 4. The topological polar surface area (TPSA) is 75.3 Å². The van der Waals surface area contributed by atoms with Crippen LogP contribution in [-0.2, 0) is 14.8 Å². The average molecular weight is 441 g/mol. The molecule has 25 heavy (non-hydrogen) atoms. The number of aryl methyl sites for hydroxylation is 1. The fourth-order valence-electron chi connectivity index (χ4n) is 2.52. The second-order valence-electron chi connectivity index (χ2n) is 5.91. The highest BCUT2D eigenvalue weighted by Gasteiger charge is 2.22. The predicted molar refractivity (Wildman–Crippen MR) is 105 cm³/mol. The van der Waals surface area contributed by atoms with E-state index >= 15 is 0 Å². The highest BCUT2D eigenvalue weighted by atomic mass is 79.9. The maximum absolute atomic E-state index is 12.7. The van der Waals surface area contributed by atoms with Gasteiger partial charge in [0.05, 0.1) is 10.6 Å². The number of thioether (sulfide) groups is 1. The van der Waals surface area contributed by atoms with Crippen molar-refractivity contribution in [2.75, 3.05) is 10.0 Å². The van der Waals surface area contributed by atoms with Crippen molar-refractivity contribution < 1.29 is 13.2 Å². The van der Waals surface area contributed by atoms with Gasteiger partial charge in [-0.05, 0) is 48.9 Å². The molecule has 3 rings (SSSR count). The van der Waals surface area contributed by atoms with Gasteiger partial charge in [-0.1, -0.05) is 22.9 Å². The summed E-state index contributed by atoms with van der Waals surface area (Å²) in [6, 6.07) is 10.0. The zero-order valence-corrected chi connectivity index (χ0v) is 16.9. The monoisotopic (exact) mass is 440 g/mol. The number of fused-ring (bicyclic) bond motifs is 1. The molecule has 2 aromatic rings. The Morgan fingerprint density at radius 2 is 2.00 bits per heavy atom. The van der Waals surface area contributed by atoms with Crippen LogP contribution in [0.3, 0.4) is 0 Å². The third-order valence-electron chi connectivity index (χ3n) is 3.75. The molecule has 0 saturated heterocycles. The van der Waals surface area contributed by atoms with Gasteiger partial charge in [-0.2, -0.15) is 0 Å². The maximum Gasteiger partial charge on any atom is 0.261 e. The molecule has 2 aromatic carbocycles. The van der Waals surface area contributed by atoms with E-state index < -0.39 is 10.0 Å². The summed E-state index contributed by atoms with van der Waals surface area (Å²) >= 11 is 4.95.